The summed E-state index contributed by atoms with van der Waals surface area (Å²) < 4.78 is 9.83. The van der Waals surface area contributed by atoms with Crippen molar-refractivity contribution in [3.8, 4) is 22.9 Å². The molecule has 0 unspecified atom stereocenters. The largest absolute Gasteiger partial charge is 0.439 e. The van der Waals surface area contributed by atoms with E-state index in [2.05, 4.69) is 77.6 Å². The number of rotatable bonds is 3. The average Bonchev–Trinajstić information content (AvgIpc) is 2.85. The first-order chi connectivity index (χ1) is 17.3. The van der Waals surface area contributed by atoms with Crippen molar-refractivity contribution >= 4 is 23.6 Å². The standard InChI is InChI=1S/C29H28N4OS/c1-2-24-27(26-15-4-3-14-25(26)20-9-6-10-20)31-29-32-28(24)34-22-12-5-8-19(16-22)18-30-21-11-7-13-23(17-21)35-33-29/h3-5,7-8,11-17,20,30H,2,6,9-10,18H2,1H3,(H,31,32,33). The zero-order valence-corrected chi connectivity index (χ0v) is 20.6. The summed E-state index contributed by atoms with van der Waals surface area (Å²) in [5.74, 6) is 2.54. The van der Waals surface area contributed by atoms with E-state index in [1.165, 1.54) is 42.3 Å². The van der Waals surface area contributed by atoms with Gasteiger partial charge in [-0.15, -0.1) is 0 Å². The first-order valence-electron chi connectivity index (χ1n) is 12.3. The molecule has 1 aromatic heterocycles. The number of hydrogen-bond donors (Lipinski definition) is 2. The summed E-state index contributed by atoms with van der Waals surface area (Å²) in [6.45, 7) is 2.86. The monoisotopic (exact) mass is 480 g/mol. The van der Waals surface area contributed by atoms with E-state index in [0.717, 1.165) is 39.6 Å². The van der Waals surface area contributed by atoms with E-state index in [0.29, 0.717) is 24.3 Å². The Hall–Kier alpha value is -3.51. The molecule has 2 aliphatic rings. The van der Waals surface area contributed by atoms with Crippen LogP contribution in [0.1, 0.15) is 48.8 Å². The maximum Gasteiger partial charge on any atom is 0.237 e. The SMILES string of the molecule is CCc1c2nc(nc1-c1ccccc1C1CCC1)NSc1cccc(c1)NCc1cccc(c1)O2. The lowest BCUT2D eigenvalue weighted by Gasteiger charge is -2.28. The number of anilines is 2. The van der Waals surface area contributed by atoms with Gasteiger partial charge in [-0.3, -0.25) is 4.72 Å². The van der Waals surface area contributed by atoms with Crippen LogP contribution in [0.15, 0.2) is 77.7 Å². The van der Waals surface area contributed by atoms with E-state index in [9.17, 15) is 0 Å². The van der Waals surface area contributed by atoms with Crippen LogP contribution in [-0.2, 0) is 13.0 Å². The summed E-state index contributed by atoms with van der Waals surface area (Å²) in [4.78, 5) is 11.0. The van der Waals surface area contributed by atoms with Gasteiger partial charge in [0.2, 0.25) is 11.8 Å². The topological polar surface area (TPSA) is 59.1 Å². The van der Waals surface area contributed by atoms with Crippen LogP contribution in [0.2, 0.25) is 0 Å². The average molecular weight is 481 g/mol. The molecule has 2 heterocycles. The molecule has 0 atom stereocenters. The van der Waals surface area contributed by atoms with Crippen molar-refractivity contribution < 1.29 is 4.74 Å². The summed E-state index contributed by atoms with van der Waals surface area (Å²) in [7, 11) is 0. The van der Waals surface area contributed by atoms with Gasteiger partial charge < -0.3 is 10.1 Å². The van der Waals surface area contributed by atoms with Crippen LogP contribution in [0, 0.1) is 0 Å². The van der Waals surface area contributed by atoms with Crippen molar-refractivity contribution in [3.63, 3.8) is 0 Å². The third-order valence-electron chi connectivity index (χ3n) is 6.79. The van der Waals surface area contributed by atoms with Crippen LogP contribution in [0.5, 0.6) is 11.6 Å². The summed E-state index contributed by atoms with van der Waals surface area (Å²) in [5, 5.41) is 3.51. The second-order valence-electron chi connectivity index (χ2n) is 9.08. The molecule has 0 saturated heterocycles. The Kier molecular flexibility index (Phi) is 6.05. The molecule has 35 heavy (non-hydrogen) atoms. The molecule has 0 radical (unpaired) electrons. The summed E-state index contributed by atoms with van der Waals surface area (Å²) in [5.41, 5.74) is 6.78. The van der Waals surface area contributed by atoms with Gasteiger partial charge in [0.05, 0.1) is 5.69 Å². The quantitative estimate of drug-likeness (QED) is 0.292. The molecule has 6 heteroatoms. The van der Waals surface area contributed by atoms with Gasteiger partial charge in [0, 0.05) is 28.3 Å². The van der Waals surface area contributed by atoms with E-state index in [4.69, 9.17) is 14.7 Å². The van der Waals surface area contributed by atoms with Gasteiger partial charge in [-0.25, -0.2) is 4.98 Å². The molecule has 6 bridgehead atoms. The molecule has 1 saturated carbocycles. The first kappa shape index (κ1) is 22.0. The Morgan fingerprint density at radius 3 is 2.71 bits per heavy atom. The Morgan fingerprint density at radius 2 is 1.86 bits per heavy atom. The molecule has 2 N–H and O–H groups in total. The minimum atomic E-state index is 0.548. The van der Waals surface area contributed by atoms with E-state index in [1.807, 2.05) is 12.1 Å². The maximum absolute atomic E-state index is 6.45. The van der Waals surface area contributed by atoms with Gasteiger partial charge in [0.25, 0.3) is 0 Å². The van der Waals surface area contributed by atoms with Gasteiger partial charge in [0.1, 0.15) is 5.75 Å². The zero-order chi connectivity index (χ0) is 23.6. The number of fused-ring (bicyclic) bond motifs is 6. The number of nitrogens with zero attached hydrogens (tertiary/aromatic N) is 2. The fourth-order valence-corrected chi connectivity index (χ4v) is 5.36. The van der Waals surface area contributed by atoms with Crippen molar-refractivity contribution in [2.45, 2.75) is 50.0 Å². The molecule has 6 rings (SSSR count). The highest BCUT2D eigenvalue weighted by molar-refractivity contribution is 8.00. The molecule has 0 amide bonds. The highest BCUT2D eigenvalue weighted by Gasteiger charge is 2.25. The molecule has 1 aliphatic carbocycles. The zero-order valence-electron chi connectivity index (χ0n) is 19.8. The summed E-state index contributed by atoms with van der Waals surface area (Å²) in [6, 6.07) is 25.3. The van der Waals surface area contributed by atoms with Crippen molar-refractivity contribution in [2.75, 3.05) is 10.0 Å². The normalized spacial score (nSPS) is 15.1. The second-order valence-corrected chi connectivity index (χ2v) is 9.96. The van der Waals surface area contributed by atoms with Crippen LogP contribution in [0.3, 0.4) is 0 Å². The van der Waals surface area contributed by atoms with Crippen LogP contribution in [0.25, 0.3) is 11.3 Å². The summed E-state index contributed by atoms with van der Waals surface area (Å²) >= 11 is 1.51. The molecule has 3 aromatic carbocycles. The molecule has 1 aliphatic heterocycles. The van der Waals surface area contributed by atoms with E-state index >= 15 is 0 Å². The lowest BCUT2D eigenvalue weighted by Crippen LogP contribution is -2.11. The molecule has 0 spiro atoms. The van der Waals surface area contributed by atoms with E-state index in [1.54, 1.807) is 0 Å². The van der Waals surface area contributed by atoms with E-state index in [-0.39, 0.29) is 0 Å². The van der Waals surface area contributed by atoms with Gasteiger partial charge in [-0.05, 0) is 78.6 Å². The molecule has 176 valence electrons. The Bertz CT molecular complexity index is 1370. The van der Waals surface area contributed by atoms with Gasteiger partial charge in [-0.2, -0.15) is 4.98 Å². The highest BCUT2D eigenvalue weighted by Crippen LogP contribution is 2.43. The fourth-order valence-electron chi connectivity index (χ4n) is 4.73. The Balaban J connectivity index is 1.50. The van der Waals surface area contributed by atoms with E-state index < -0.39 is 0 Å². The first-order valence-corrected chi connectivity index (χ1v) is 13.1. The van der Waals surface area contributed by atoms with Crippen LogP contribution < -0.4 is 14.8 Å². The minimum Gasteiger partial charge on any atom is -0.439 e. The lowest BCUT2D eigenvalue weighted by atomic mass is 9.77. The third kappa shape index (κ3) is 4.58. The number of nitrogens with one attached hydrogen (secondary N) is 2. The highest BCUT2D eigenvalue weighted by atomic mass is 32.2. The predicted molar refractivity (Wildman–Crippen MR) is 143 cm³/mol. The van der Waals surface area contributed by atoms with Gasteiger partial charge in [0.15, 0.2) is 0 Å². The van der Waals surface area contributed by atoms with Gasteiger partial charge in [-0.1, -0.05) is 55.8 Å². The molecular formula is C29H28N4OS. The van der Waals surface area contributed by atoms with Gasteiger partial charge >= 0.3 is 0 Å². The molecule has 4 aromatic rings. The van der Waals surface area contributed by atoms with Crippen molar-refractivity contribution in [3.05, 3.63) is 89.5 Å². The Morgan fingerprint density at radius 1 is 0.971 bits per heavy atom. The van der Waals surface area contributed by atoms with Crippen LogP contribution in [-0.4, -0.2) is 9.97 Å². The predicted octanol–water partition coefficient (Wildman–Crippen LogP) is 7.81. The van der Waals surface area contributed by atoms with Crippen LogP contribution >= 0.6 is 11.9 Å². The fraction of sp³-hybridized carbons (Fsp3) is 0.241. The second kappa shape index (κ2) is 9.62. The minimum absolute atomic E-state index is 0.548. The van der Waals surface area contributed by atoms with Crippen molar-refractivity contribution in [1.82, 2.24) is 9.97 Å². The Labute approximate surface area is 210 Å². The molecular weight excluding hydrogens is 452 g/mol. The summed E-state index contributed by atoms with van der Waals surface area (Å²) in [6.07, 6.45) is 4.56. The number of hydrogen-bond acceptors (Lipinski definition) is 6. The van der Waals surface area contributed by atoms with Crippen molar-refractivity contribution in [2.24, 2.45) is 0 Å². The lowest BCUT2D eigenvalue weighted by molar-refractivity contribution is 0.420. The third-order valence-corrected chi connectivity index (χ3v) is 7.56. The van der Waals surface area contributed by atoms with Crippen LogP contribution in [0.4, 0.5) is 11.6 Å². The number of ether oxygens (including phenoxy) is 1. The smallest absolute Gasteiger partial charge is 0.237 e. The van der Waals surface area contributed by atoms with Crippen molar-refractivity contribution in [1.29, 1.82) is 0 Å². The maximum atomic E-state index is 6.45. The number of benzene rings is 3. The molecule has 5 nitrogen and oxygen atoms in total. The number of aromatic nitrogens is 2. The molecule has 1 fully saturated rings.